The lowest BCUT2D eigenvalue weighted by atomic mass is 9.87. The molecule has 0 radical (unpaired) electrons. The highest BCUT2D eigenvalue weighted by Gasteiger charge is 2.54. The summed E-state index contributed by atoms with van der Waals surface area (Å²) in [6, 6.07) is 19.6. The van der Waals surface area contributed by atoms with Crippen LogP contribution in [0.5, 0.6) is 17.2 Å². The first-order valence-electron chi connectivity index (χ1n) is 36.4. The van der Waals surface area contributed by atoms with E-state index in [1.165, 1.54) is 4.90 Å². The molecule has 3 aromatic carbocycles. The first kappa shape index (κ1) is 76.9. The molecule has 4 saturated carbocycles. The number of nitrogens with zero attached hydrogens (tertiary/aromatic N) is 4. The van der Waals surface area contributed by atoms with E-state index in [0.29, 0.717) is 112 Å². The summed E-state index contributed by atoms with van der Waals surface area (Å²) in [5.41, 5.74) is 19.9. The predicted molar refractivity (Wildman–Crippen MR) is 391 cm³/mol. The van der Waals surface area contributed by atoms with Gasteiger partial charge in [0.15, 0.2) is 0 Å². The molecule has 106 heavy (non-hydrogen) atoms. The van der Waals surface area contributed by atoms with Gasteiger partial charge in [0.1, 0.15) is 70.3 Å². The second-order valence-corrected chi connectivity index (χ2v) is 30.0. The summed E-state index contributed by atoms with van der Waals surface area (Å²) in [5, 5.41) is 32.7. The van der Waals surface area contributed by atoms with E-state index >= 15 is 0 Å². The van der Waals surface area contributed by atoms with Gasteiger partial charge in [0.2, 0.25) is 35.4 Å². The zero-order chi connectivity index (χ0) is 74.6. The van der Waals surface area contributed by atoms with Crippen molar-refractivity contribution >= 4 is 110 Å². The Morgan fingerprint density at radius 2 is 0.953 bits per heavy atom. The summed E-state index contributed by atoms with van der Waals surface area (Å²) in [7, 11) is 4.76. The minimum Gasteiger partial charge on any atom is -0.496 e. The highest BCUT2D eigenvalue weighted by molar-refractivity contribution is 6.04. The van der Waals surface area contributed by atoms with E-state index in [1.807, 2.05) is 54.6 Å². The molecule has 6 aromatic rings. The number of likely N-dealkylation sites (tertiary alicyclic amines) is 3. The second-order valence-electron chi connectivity index (χ2n) is 30.0. The Labute approximate surface area is 618 Å². The predicted octanol–water partition coefficient (Wildman–Crippen LogP) is 5.78. The quantitative estimate of drug-likeness (QED) is 0.0458. The number of nitriles is 1. The number of amides is 9. The molecule has 9 fully saturated rings. The summed E-state index contributed by atoms with van der Waals surface area (Å²) in [6.07, 6.45) is 15.1. The van der Waals surface area contributed by atoms with Crippen molar-refractivity contribution in [3.05, 3.63) is 89.9 Å². The van der Waals surface area contributed by atoms with Crippen molar-refractivity contribution in [2.45, 2.75) is 165 Å². The Hall–Kier alpha value is -10.2. The van der Waals surface area contributed by atoms with Gasteiger partial charge in [0.25, 0.3) is 17.7 Å². The van der Waals surface area contributed by atoms with Gasteiger partial charge in [0, 0.05) is 89.6 Å². The van der Waals surface area contributed by atoms with Gasteiger partial charge in [-0.1, -0.05) is 18.2 Å². The van der Waals surface area contributed by atoms with Gasteiger partial charge in [-0.25, -0.2) is 4.79 Å². The Bertz CT molecular complexity index is 4410. The fraction of sp³-hybridized carbons (Fsp3) is 0.526. The van der Waals surface area contributed by atoms with E-state index in [9.17, 15) is 63.1 Å². The van der Waals surface area contributed by atoms with Crippen LogP contribution in [-0.4, -0.2) is 190 Å². The van der Waals surface area contributed by atoms with Gasteiger partial charge in [-0.3, -0.25) is 47.9 Å². The minimum absolute atomic E-state index is 0. The maximum absolute atomic E-state index is 13.6. The molecular formula is C76H95ClN14O15. The first-order valence-corrected chi connectivity index (χ1v) is 36.4. The molecule has 3 spiro atoms. The van der Waals surface area contributed by atoms with Crippen LogP contribution < -0.4 is 52.7 Å². The number of rotatable bonds is 19. The van der Waals surface area contributed by atoms with Crippen LogP contribution in [0.4, 0.5) is 0 Å². The van der Waals surface area contributed by atoms with Crippen molar-refractivity contribution in [2.24, 2.45) is 51.2 Å². The second kappa shape index (κ2) is 32.3. The van der Waals surface area contributed by atoms with Crippen LogP contribution in [0.25, 0.3) is 32.7 Å². The number of carbonyl (C=O) groups is 11. The van der Waals surface area contributed by atoms with Crippen molar-refractivity contribution in [2.75, 3.05) is 54.1 Å². The topological polar surface area (TPSA) is 443 Å². The SMILES string of the molecule is COc1cccc2[nH]c(C(=O)N3CCC4(CC4)C[C@H]3C(=O)N[C@@H](C[C@@H]3CCNC3=O)C(N)=O)cc12.COc1cccc2[nH]c(C(=O)N3CCC4(CC4)C[C@H]3C(=O)N[C@H](C#N)C[C@@H]3CCCC3=O)cc12.COc1cccc2[nH]c(C(=O)N3CCC4(CC4)C[C@H]3C(=O)O)cc12.Cl.NC(=O)[C@@H](N)C[C@@H]1CCNC1=O. The number of aromatic nitrogens is 3. The number of carboxylic acids is 1. The van der Waals surface area contributed by atoms with Gasteiger partial charge < -0.3 is 87.4 Å². The molecule has 29 nitrogen and oxygen atoms in total. The van der Waals surface area contributed by atoms with Crippen LogP contribution in [0, 0.1) is 45.3 Å². The van der Waals surface area contributed by atoms with Crippen molar-refractivity contribution < 1.29 is 72.1 Å². The largest absolute Gasteiger partial charge is 0.496 e. The lowest BCUT2D eigenvalue weighted by Crippen LogP contribution is -2.57. The first-order chi connectivity index (χ1) is 50.4. The van der Waals surface area contributed by atoms with Crippen molar-refractivity contribution in [1.82, 2.24) is 50.9 Å². The van der Waals surface area contributed by atoms with Gasteiger partial charge in [0.05, 0.1) is 33.4 Å². The number of nitrogens with two attached hydrogens (primary N) is 3. The number of methoxy groups -OCH3 is 3. The average Bonchev–Trinajstić information content (AvgIpc) is 1.61. The maximum atomic E-state index is 13.6. The molecule has 566 valence electrons. The fourth-order valence-electron chi connectivity index (χ4n) is 16.2. The number of carboxylic acid groups (broad SMARTS) is 1. The molecule has 0 bridgehead atoms. The third-order valence-electron chi connectivity index (χ3n) is 23.3. The number of benzene rings is 3. The zero-order valence-corrected chi connectivity index (χ0v) is 60.7. The number of hydrogen-bond acceptors (Lipinski definition) is 16. The summed E-state index contributed by atoms with van der Waals surface area (Å²) in [5.74, 6) is -2.22. The van der Waals surface area contributed by atoms with E-state index in [-0.39, 0.29) is 94.1 Å². The fourth-order valence-corrected chi connectivity index (χ4v) is 16.2. The summed E-state index contributed by atoms with van der Waals surface area (Å²) in [4.78, 5) is 150. The monoisotopic (exact) mass is 1480 g/mol. The Morgan fingerprint density at radius 3 is 1.29 bits per heavy atom. The van der Waals surface area contributed by atoms with E-state index in [4.69, 9.17) is 31.4 Å². The molecular weight excluding hydrogens is 1380 g/mol. The molecule has 9 atom stereocenters. The molecule has 8 heterocycles. The number of ether oxygens (including phenoxy) is 3. The normalized spacial score (nSPS) is 23.3. The van der Waals surface area contributed by atoms with Gasteiger partial charge in [-0.15, -0.1) is 12.4 Å². The van der Waals surface area contributed by atoms with Crippen LogP contribution in [0.3, 0.4) is 0 Å². The molecule has 0 unspecified atom stereocenters. The number of hydrogen-bond donors (Lipinski definition) is 11. The zero-order valence-electron chi connectivity index (χ0n) is 59.9. The molecule has 4 aliphatic carbocycles. The minimum atomic E-state index is -0.970. The van der Waals surface area contributed by atoms with Crippen LogP contribution in [0.1, 0.15) is 160 Å². The molecule has 14 N–H and O–H groups in total. The molecule has 30 heteroatoms. The molecule has 5 aliphatic heterocycles. The molecule has 5 saturated heterocycles. The van der Waals surface area contributed by atoms with E-state index in [0.717, 1.165) is 110 Å². The van der Waals surface area contributed by atoms with Crippen molar-refractivity contribution in [3.8, 4) is 23.3 Å². The standard InChI is InChI=1S/C26H30N4O4.C25H31N5O5.C18H20N2O4.C7H13N3O2.ClH/c1-34-23-7-3-5-19-18(23)13-20(29-19)25(33)30-11-10-26(8-9-26)14-21(30)24(32)28-17(15-27)12-16-4-2-6-22(16)31;1-35-20-4-2-3-16-15(20)12-18(28-16)24(34)30-10-8-25(6-7-25)13-19(30)23(33)29-17(21(26)31)11-14-5-9-27-22(14)32;1-24-15-4-2-3-12-11(15)9-13(19-12)16(21)20-8-7-18(5-6-18)10-14(20)17(22)23;8-5(6(9)11)3-4-1-2-10-7(4)12;/h3,5,7,13,16-17,21,29H,2,4,6,8-12,14H2,1H3,(H,28,32);2-4,12,14,17,19,28H,5-11,13H2,1H3,(H2,26,31)(H,27,32)(H,29,33);2-4,9,14,19H,5-8,10H2,1H3,(H,22,23);4-5H,1-3,8H2,(H2,9,11)(H,10,12);1H/t16-,17-,21-;14-,17-,19-;14-;4-,5-;/m0000./s1. The number of Topliss-reactive ketones (excluding diaryl/α,β-unsaturated/α-hetero) is 1. The highest BCUT2D eigenvalue weighted by Crippen LogP contribution is 2.57. The van der Waals surface area contributed by atoms with Gasteiger partial charge >= 0.3 is 5.97 Å². The van der Waals surface area contributed by atoms with Crippen LogP contribution in [0.2, 0.25) is 0 Å². The van der Waals surface area contributed by atoms with E-state index in [2.05, 4.69) is 42.3 Å². The summed E-state index contributed by atoms with van der Waals surface area (Å²) < 4.78 is 16.1. The Balaban J connectivity index is 0.000000148. The van der Waals surface area contributed by atoms with Crippen molar-refractivity contribution in [3.63, 3.8) is 0 Å². The van der Waals surface area contributed by atoms with E-state index < -0.39 is 59.9 Å². The molecule has 9 aliphatic rings. The number of H-pyrrole nitrogens is 3. The lowest BCUT2D eigenvalue weighted by Gasteiger charge is -2.39. The van der Waals surface area contributed by atoms with Gasteiger partial charge in [-0.2, -0.15) is 5.26 Å². The number of halogens is 1. The Morgan fingerprint density at radius 1 is 0.557 bits per heavy atom. The third kappa shape index (κ3) is 17.0. The molecule has 15 rings (SSSR count). The van der Waals surface area contributed by atoms with Crippen LogP contribution in [0.15, 0.2) is 72.8 Å². The number of primary amides is 2. The smallest absolute Gasteiger partial charge is 0.326 e. The van der Waals surface area contributed by atoms with Crippen LogP contribution in [-0.2, 0) is 38.4 Å². The number of carbonyl (C=O) groups excluding carboxylic acids is 10. The number of ketones is 1. The maximum Gasteiger partial charge on any atom is 0.326 e. The summed E-state index contributed by atoms with van der Waals surface area (Å²) in [6.45, 7) is 2.68. The average molecular weight is 1480 g/mol. The number of aliphatic carboxylic acids is 1. The Kier molecular flexibility index (Phi) is 23.4. The van der Waals surface area contributed by atoms with E-state index in [1.54, 1.807) is 49.3 Å². The van der Waals surface area contributed by atoms with Crippen molar-refractivity contribution in [1.29, 1.82) is 5.26 Å². The number of piperidine rings is 3. The highest BCUT2D eigenvalue weighted by atomic mass is 35.5. The molecule has 9 amide bonds. The number of fused-ring (bicyclic) bond motifs is 3. The lowest BCUT2D eigenvalue weighted by molar-refractivity contribution is -0.144. The summed E-state index contributed by atoms with van der Waals surface area (Å²) >= 11 is 0. The number of nitrogens with one attached hydrogen (secondary N) is 7. The third-order valence-corrected chi connectivity index (χ3v) is 23.3. The molecule has 3 aromatic heterocycles. The number of aromatic amines is 3. The van der Waals surface area contributed by atoms with Gasteiger partial charge in [-0.05, 0) is 193 Å². The van der Waals surface area contributed by atoms with Crippen LogP contribution >= 0.6 is 12.4 Å².